The summed E-state index contributed by atoms with van der Waals surface area (Å²) in [5, 5.41) is 11.2. The largest absolute Gasteiger partial charge is 0.493 e. The molecule has 0 spiro atoms. The molecule has 0 aliphatic carbocycles. The number of amidine groups is 1. The molecule has 0 radical (unpaired) electrons. The van der Waals surface area contributed by atoms with Crippen molar-refractivity contribution >= 4 is 29.1 Å². The zero-order valence-corrected chi connectivity index (χ0v) is 15.5. The van der Waals surface area contributed by atoms with E-state index in [0.717, 1.165) is 38.4 Å². The van der Waals surface area contributed by atoms with Crippen LogP contribution in [0.25, 0.3) is 0 Å². The summed E-state index contributed by atoms with van der Waals surface area (Å²) in [5.41, 5.74) is 0.769. The van der Waals surface area contributed by atoms with Gasteiger partial charge < -0.3 is 19.5 Å². The predicted molar refractivity (Wildman–Crippen MR) is 101 cm³/mol. The van der Waals surface area contributed by atoms with E-state index in [4.69, 9.17) is 14.2 Å². The summed E-state index contributed by atoms with van der Waals surface area (Å²) in [4.78, 5) is 13.5. The third-order valence-corrected chi connectivity index (χ3v) is 4.78. The Bertz CT molecular complexity index is 689. The number of amides is 1. The first-order valence-electron chi connectivity index (χ1n) is 8.40. The Labute approximate surface area is 156 Å². The Kier molecular flexibility index (Phi) is 6.87. The number of carbonyl (C=O) groups excluding carboxylic acids is 1. The number of morpholine rings is 1. The second-order valence-corrected chi connectivity index (χ2v) is 6.63. The molecule has 2 heterocycles. The number of carbonyl (C=O) groups is 1. The minimum atomic E-state index is -0.0579. The summed E-state index contributed by atoms with van der Waals surface area (Å²) in [6.07, 6.45) is 1.60. The highest BCUT2D eigenvalue weighted by Gasteiger charge is 2.16. The van der Waals surface area contributed by atoms with Crippen molar-refractivity contribution in [3.63, 3.8) is 0 Å². The smallest absolute Gasteiger partial charge is 0.236 e. The van der Waals surface area contributed by atoms with Crippen LogP contribution in [0.4, 0.5) is 0 Å². The van der Waals surface area contributed by atoms with Crippen molar-refractivity contribution in [2.75, 3.05) is 52.3 Å². The number of nitrogens with one attached hydrogen (secondary N) is 1. The Morgan fingerprint density at radius 3 is 2.96 bits per heavy atom. The van der Waals surface area contributed by atoms with Gasteiger partial charge in [-0.25, -0.2) is 0 Å². The van der Waals surface area contributed by atoms with E-state index in [1.54, 1.807) is 13.3 Å². The van der Waals surface area contributed by atoms with Crippen molar-refractivity contribution in [3.8, 4) is 11.5 Å². The number of hydrogen-bond acceptors (Lipinski definition) is 8. The molecule has 8 nitrogen and oxygen atoms in total. The molecular weight excluding hydrogens is 356 g/mol. The highest BCUT2D eigenvalue weighted by molar-refractivity contribution is 8.15. The van der Waals surface area contributed by atoms with E-state index < -0.39 is 0 Å². The highest BCUT2D eigenvalue weighted by Crippen LogP contribution is 2.30. The molecular formula is C17H22N4O4S. The lowest BCUT2D eigenvalue weighted by atomic mass is 10.2. The van der Waals surface area contributed by atoms with Crippen LogP contribution in [-0.4, -0.2) is 74.5 Å². The summed E-state index contributed by atoms with van der Waals surface area (Å²) < 4.78 is 16.7. The number of benzene rings is 1. The number of methoxy groups -OCH3 is 1. The molecule has 1 amide bonds. The number of nitrogens with zero attached hydrogens (tertiary/aromatic N) is 3. The van der Waals surface area contributed by atoms with Crippen LogP contribution < -0.4 is 14.8 Å². The fourth-order valence-corrected chi connectivity index (χ4v) is 3.20. The molecule has 1 N–H and O–H groups in total. The van der Waals surface area contributed by atoms with Crippen molar-refractivity contribution in [1.29, 1.82) is 0 Å². The Morgan fingerprint density at radius 2 is 2.23 bits per heavy atom. The highest BCUT2D eigenvalue weighted by atomic mass is 32.2. The molecule has 3 rings (SSSR count). The van der Waals surface area contributed by atoms with Crippen LogP contribution >= 0.6 is 11.8 Å². The zero-order chi connectivity index (χ0) is 18.2. The first-order valence-corrected chi connectivity index (χ1v) is 9.38. The van der Waals surface area contributed by atoms with Crippen LogP contribution in [0.5, 0.6) is 11.5 Å². The number of para-hydroxylation sites is 1. The van der Waals surface area contributed by atoms with Crippen LogP contribution in [-0.2, 0) is 9.53 Å². The van der Waals surface area contributed by atoms with Gasteiger partial charge in [0.15, 0.2) is 16.7 Å². The number of ether oxygens (including phenoxy) is 3. The molecule has 0 unspecified atom stereocenters. The fraction of sp³-hybridized carbons (Fsp3) is 0.471. The standard InChI is InChI=1S/C17H22N4O4S/c1-23-14-4-2-3-13(11-18-20-17-19-15(22)12-26-17)16(14)25-10-7-21-5-8-24-9-6-21/h2-4,11H,5-10,12H2,1H3,(H,19,20,22). The third kappa shape index (κ3) is 5.20. The van der Waals surface area contributed by atoms with Crippen molar-refractivity contribution < 1.29 is 19.0 Å². The van der Waals surface area contributed by atoms with Gasteiger partial charge in [0.25, 0.3) is 0 Å². The monoisotopic (exact) mass is 378 g/mol. The third-order valence-electron chi connectivity index (χ3n) is 3.92. The van der Waals surface area contributed by atoms with Gasteiger partial charge in [-0.15, -0.1) is 5.10 Å². The quantitative estimate of drug-likeness (QED) is 0.562. The van der Waals surface area contributed by atoms with Gasteiger partial charge in [-0.2, -0.15) is 5.10 Å². The molecule has 2 saturated heterocycles. The van der Waals surface area contributed by atoms with Gasteiger partial charge in [0, 0.05) is 25.2 Å². The molecule has 1 aromatic rings. The Morgan fingerprint density at radius 1 is 1.38 bits per heavy atom. The molecule has 9 heteroatoms. The minimum Gasteiger partial charge on any atom is -0.493 e. The van der Waals surface area contributed by atoms with Gasteiger partial charge in [0.05, 0.1) is 32.3 Å². The topological polar surface area (TPSA) is 84.8 Å². The fourth-order valence-electron chi connectivity index (χ4n) is 2.57. The van der Waals surface area contributed by atoms with Crippen LogP contribution in [0.1, 0.15) is 5.56 Å². The number of thioether (sulfide) groups is 1. The maximum absolute atomic E-state index is 11.2. The van der Waals surface area contributed by atoms with Gasteiger partial charge in [-0.1, -0.05) is 17.8 Å². The normalized spacial score (nSPS) is 19.9. The van der Waals surface area contributed by atoms with Crippen molar-refractivity contribution in [1.82, 2.24) is 10.2 Å². The van der Waals surface area contributed by atoms with Gasteiger partial charge in [0.2, 0.25) is 5.91 Å². The van der Waals surface area contributed by atoms with E-state index >= 15 is 0 Å². The first-order chi connectivity index (χ1) is 12.8. The Balaban J connectivity index is 1.64. The van der Waals surface area contributed by atoms with Gasteiger partial charge in [-0.05, 0) is 12.1 Å². The Hall–Kier alpha value is -2.10. The van der Waals surface area contributed by atoms with Crippen molar-refractivity contribution in [2.24, 2.45) is 10.2 Å². The molecule has 0 bridgehead atoms. The van der Waals surface area contributed by atoms with E-state index in [1.165, 1.54) is 11.8 Å². The van der Waals surface area contributed by atoms with Crippen LogP contribution in [0, 0.1) is 0 Å². The summed E-state index contributed by atoms with van der Waals surface area (Å²) in [7, 11) is 1.61. The van der Waals surface area contributed by atoms with Gasteiger partial charge in [0.1, 0.15) is 6.61 Å². The summed E-state index contributed by atoms with van der Waals surface area (Å²) in [6, 6.07) is 5.60. The van der Waals surface area contributed by atoms with Crippen molar-refractivity contribution in [3.05, 3.63) is 23.8 Å². The van der Waals surface area contributed by atoms with Crippen LogP contribution in [0.3, 0.4) is 0 Å². The van der Waals surface area contributed by atoms with E-state index in [-0.39, 0.29) is 5.91 Å². The number of hydrogen-bond donors (Lipinski definition) is 1. The molecule has 2 aliphatic heterocycles. The van der Waals surface area contributed by atoms with Crippen LogP contribution in [0.2, 0.25) is 0 Å². The van der Waals surface area contributed by atoms with E-state index in [9.17, 15) is 4.79 Å². The lowest BCUT2D eigenvalue weighted by Crippen LogP contribution is -2.38. The molecule has 0 atom stereocenters. The summed E-state index contributed by atoms with van der Waals surface area (Å²) in [5.74, 6) is 1.60. The molecule has 1 aromatic carbocycles. The first kappa shape index (κ1) is 18.7. The maximum Gasteiger partial charge on any atom is 0.236 e. The lowest BCUT2D eigenvalue weighted by Gasteiger charge is -2.26. The van der Waals surface area contributed by atoms with Gasteiger partial charge >= 0.3 is 0 Å². The molecule has 26 heavy (non-hydrogen) atoms. The maximum atomic E-state index is 11.2. The number of rotatable bonds is 7. The average Bonchev–Trinajstić information content (AvgIpc) is 3.08. The summed E-state index contributed by atoms with van der Waals surface area (Å²) >= 11 is 1.33. The molecule has 2 aliphatic rings. The average molecular weight is 378 g/mol. The second-order valence-electron chi connectivity index (χ2n) is 5.67. The van der Waals surface area contributed by atoms with Gasteiger partial charge in [-0.3, -0.25) is 9.69 Å². The SMILES string of the molecule is COc1cccc(C=NN=C2NC(=O)CS2)c1OCCN1CCOCC1. The minimum absolute atomic E-state index is 0.0579. The van der Waals surface area contributed by atoms with Crippen molar-refractivity contribution in [2.45, 2.75) is 0 Å². The molecule has 0 saturated carbocycles. The molecule has 140 valence electrons. The molecule has 2 fully saturated rings. The van der Waals surface area contributed by atoms with Crippen LogP contribution in [0.15, 0.2) is 28.4 Å². The molecule has 0 aromatic heterocycles. The van der Waals surface area contributed by atoms with E-state index in [1.807, 2.05) is 18.2 Å². The van der Waals surface area contributed by atoms with E-state index in [2.05, 4.69) is 20.4 Å². The van der Waals surface area contributed by atoms with E-state index in [0.29, 0.717) is 29.0 Å². The second kappa shape index (κ2) is 9.56. The predicted octanol–water partition coefficient (Wildman–Crippen LogP) is 0.959. The lowest BCUT2D eigenvalue weighted by molar-refractivity contribution is -0.116. The zero-order valence-electron chi connectivity index (χ0n) is 14.6. The summed E-state index contributed by atoms with van der Waals surface area (Å²) in [6.45, 7) is 4.74.